The van der Waals surface area contributed by atoms with Crippen molar-refractivity contribution >= 4 is 29.0 Å². The first-order chi connectivity index (χ1) is 6.57. The minimum atomic E-state index is -0.00836. The minimum absolute atomic E-state index is 0.00836. The number of benzene rings is 1. The maximum atomic E-state index is 11.8. The average Bonchev–Trinajstić information content (AvgIpc) is 2.20. The van der Waals surface area contributed by atoms with Crippen LogP contribution in [-0.2, 0) is 0 Å². The number of Topliss-reactive ketones (excluding diaryl/α,β-unsaturated/α-hetero) is 1. The normalized spacial score (nSPS) is 12.6. The minimum Gasteiger partial charge on any atom is -0.294 e. The van der Waals surface area contributed by atoms with Crippen LogP contribution in [0.5, 0.6) is 0 Å². The number of hydrogen-bond acceptors (Lipinski definition) is 1. The second-order valence-electron chi connectivity index (χ2n) is 3.27. The monoisotopic (exact) mass is 230 g/mol. The highest BCUT2D eigenvalue weighted by Crippen LogP contribution is 2.27. The molecule has 0 aliphatic rings. The Hall–Kier alpha value is -0.530. The maximum Gasteiger partial charge on any atom is 0.167 e. The first kappa shape index (κ1) is 11.5. The van der Waals surface area contributed by atoms with E-state index >= 15 is 0 Å². The van der Waals surface area contributed by atoms with Gasteiger partial charge in [-0.2, -0.15) is 0 Å². The number of ketones is 1. The molecule has 0 amide bonds. The van der Waals surface area contributed by atoms with Gasteiger partial charge in [-0.15, -0.1) is 0 Å². The topological polar surface area (TPSA) is 17.1 Å². The SMILES string of the molecule is CCC(C)C(=O)c1cccc(Cl)c1Cl. The van der Waals surface area contributed by atoms with Gasteiger partial charge in [0.15, 0.2) is 5.78 Å². The van der Waals surface area contributed by atoms with Gasteiger partial charge in [-0.1, -0.05) is 43.1 Å². The van der Waals surface area contributed by atoms with Crippen molar-refractivity contribution in [3.05, 3.63) is 33.8 Å². The van der Waals surface area contributed by atoms with Crippen LogP contribution in [-0.4, -0.2) is 5.78 Å². The number of halogens is 2. The largest absolute Gasteiger partial charge is 0.294 e. The lowest BCUT2D eigenvalue weighted by atomic mass is 9.97. The summed E-state index contributed by atoms with van der Waals surface area (Å²) in [6.07, 6.45) is 0.807. The van der Waals surface area contributed by atoms with Gasteiger partial charge in [-0.25, -0.2) is 0 Å². The van der Waals surface area contributed by atoms with E-state index in [0.717, 1.165) is 6.42 Å². The number of carbonyl (C=O) groups excluding carboxylic acids is 1. The summed E-state index contributed by atoms with van der Waals surface area (Å²) in [7, 11) is 0. The van der Waals surface area contributed by atoms with Crippen LogP contribution in [0.2, 0.25) is 10.0 Å². The molecule has 1 nitrogen and oxygen atoms in total. The third kappa shape index (κ3) is 2.28. The molecule has 1 rings (SSSR count). The Morgan fingerprint density at radius 2 is 2.07 bits per heavy atom. The van der Waals surface area contributed by atoms with E-state index in [9.17, 15) is 4.79 Å². The van der Waals surface area contributed by atoms with E-state index < -0.39 is 0 Å². The molecule has 0 spiro atoms. The van der Waals surface area contributed by atoms with Gasteiger partial charge in [0.25, 0.3) is 0 Å². The Kier molecular flexibility index (Phi) is 3.97. The molecule has 0 aliphatic carbocycles. The Labute approximate surface area is 94.0 Å². The van der Waals surface area contributed by atoms with E-state index in [1.54, 1.807) is 18.2 Å². The third-order valence-corrected chi connectivity index (χ3v) is 3.10. The zero-order chi connectivity index (χ0) is 10.7. The van der Waals surface area contributed by atoms with Crippen molar-refractivity contribution < 1.29 is 4.79 Å². The van der Waals surface area contributed by atoms with Gasteiger partial charge in [-0.05, 0) is 18.6 Å². The van der Waals surface area contributed by atoms with Crippen molar-refractivity contribution in [1.29, 1.82) is 0 Å². The van der Waals surface area contributed by atoms with Crippen molar-refractivity contribution in [2.75, 3.05) is 0 Å². The third-order valence-electron chi connectivity index (χ3n) is 2.28. The molecule has 0 aromatic heterocycles. The lowest BCUT2D eigenvalue weighted by molar-refractivity contribution is 0.0927. The van der Waals surface area contributed by atoms with Crippen LogP contribution < -0.4 is 0 Å². The van der Waals surface area contributed by atoms with Crippen LogP contribution in [0.4, 0.5) is 0 Å². The molecule has 1 aromatic rings. The lowest BCUT2D eigenvalue weighted by Crippen LogP contribution is -2.10. The summed E-state index contributed by atoms with van der Waals surface area (Å²) in [5, 5.41) is 0.792. The molecule has 14 heavy (non-hydrogen) atoms. The zero-order valence-corrected chi connectivity index (χ0v) is 9.69. The fraction of sp³-hybridized carbons (Fsp3) is 0.364. The van der Waals surface area contributed by atoms with Crippen molar-refractivity contribution in [3.8, 4) is 0 Å². The lowest BCUT2D eigenvalue weighted by Gasteiger charge is -2.09. The summed E-state index contributed by atoms with van der Waals surface area (Å²) < 4.78 is 0. The second-order valence-corrected chi connectivity index (χ2v) is 4.06. The van der Waals surface area contributed by atoms with Crippen molar-refractivity contribution in [2.24, 2.45) is 5.92 Å². The van der Waals surface area contributed by atoms with Gasteiger partial charge in [0.05, 0.1) is 10.0 Å². The van der Waals surface area contributed by atoms with E-state index in [4.69, 9.17) is 23.2 Å². The molecule has 0 bridgehead atoms. The molecule has 0 saturated heterocycles. The molecular formula is C11H12Cl2O. The molecule has 0 aliphatic heterocycles. The molecule has 0 heterocycles. The molecule has 0 saturated carbocycles. The Morgan fingerprint density at radius 3 is 2.64 bits per heavy atom. The highest BCUT2D eigenvalue weighted by Gasteiger charge is 2.17. The first-order valence-electron chi connectivity index (χ1n) is 4.56. The summed E-state index contributed by atoms with van der Waals surface area (Å²) in [6, 6.07) is 5.13. The van der Waals surface area contributed by atoms with Crippen LogP contribution in [0.3, 0.4) is 0 Å². The van der Waals surface area contributed by atoms with Gasteiger partial charge in [-0.3, -0.25) is 4.79 Å². The number of hydrogen-bond donors (Lipinski definition) is 0. The maximum absolute atomic E-state index is 11.8. The van der Waals surface area contributed by atoms with E-state index in [-0.39, 0.29) is 11.7 Å². The molecule has 0 N–H and O–H groups in total. The Bertz CT molecular complexity index is 347. The van der Waals surface area contributed by atoms with E-state index in [1.165, 1.54) is 0 Å². The molecule has 0 radical (unpaired) electrons. The predicted molar refractivity (Wildman–Crippen MR) is 60.2 cm³/mol. The smallest absolute Gasteiger partial charge is 0.167 e. The van der Waals surface area contributed by atoms with Gasteiger partial charge in [0.1, 0.15) is 0 Å². The summed E-state index contributed by atoms with van der Waals surface area (Å²) in [5.41, 5.74) is 0.522. The van der Waals surface area contributed by atoms with Gasteiger partial charge >= 0.3 is 0 Å². The van der Waals surface area contributed by atoms with E-state index in [2.05, 4.69) is 0 Å². The standard InChI is InChI=1S/C11H12Cl2O/c1-3-7(2)11(14)8-5-4-6-9(12)10(8)13/h4-7H,3H2,1-2H3. The van der Waals surface area contributed by atoms with Crippen molar-refractivity contribution in [1.82, 2.24) is 0 Å². The van der Waals surface area contributed by atoms with Crippen LogP contribution in [0.15, 0.2) is 18.2 Å². The van der Waals surface area contributed by atoms with Crippen LogP contribution in [0.25, 0.3) is 0 Å². The summed E-state index contributed by atoms with van der Waals surface area (Å²) >= 11 is 11.8. The molecule has 1 unspecified atom stereocenters. The number of rotatable bonds is 3. The molecule has 3 heteroatoms. The van der Waals surface area contributed by atoms with E-state index in [0.29, 0.717) is 15.6 Å². The van der Waals surface area contributed by atoms with Gasteiger partial charge in [0.2, 0.25) is 0 Å². The van der Waals surface area contributed by atoms with Crippen LogP contribution in [0, 0.1) is 5.92 Å². The molecule has 1 atom stereocenters. The Balaban J connectivity index is 3.07. The first-order valence-corrected chi connectivity index (χ1v) is 5.31. The number of carbonyl (C=O) groups is 1. The zero-order valence-electron chi connectivity index (χ0n) is 8.18. The molecule has 0 fully saturated rings. The van der Waals surface area contributed by atoms with E-state index in [1.807, 2.05) is 13.8 Å². The van der Waals surface area contributed by atoms with Gasteiger partial charge in [0, 0.05) is 11.5 Å². The summed E-state index contributed by atoms with van der Waals surface area (Å²) in [5.74, 6) is 0.0472. The molecule has 1 aromatic carbocycles. The highest BCUT2D eigenvalue weighted by atomic mass is 35.5. The van der Waals surface area contributed by atoms with Gasteiger partial charge < -0.3 is 0 Å². The molecular weight excluding hydrogens is 219 g/mol. The fourth-order valence-electron chi connectivity index (χ4n) is 1.14. The fourth-order valence-corrected chi connectivity index (χ4v) is 1.54. The predicted octanol–water partition coefficient (Wildman–Crippen LogP) is 4.22. The summed E-state index contributed by atoms with van der Waals surface area (Å²) in [4.78, 5) is 11.8. The average molecular weight is 231 g/mol. The molecule has 76 valence electrons. The second kappa shape index (κ2) is 4.81. The van der Waals surface area contributed by atoms with Crippen LogP contribution in [0.1, 0.15) is 30.6 Å². The highest BCUT2D eigenvalue weighted by molar-refractivity contribution is 6.43. The quantitative estimate of drug-likeness (QED) is 0.711. The van der Waals surface area contributed by atoms with Crippen molar-refractivity contribution in [3.63, 3.8) is 0 Å². The van der Waals surface area contributed by atoms with Crippen LogP contribution >= 0.6 is 23.2 Å². The Morgan fingerprint density at radius 1 is 1.43 bits per heavy atom. The summed E-state index contributed by atoms with van der Waals surface area (Å²) in [6.45, 7) is 3.86. The van der Waals surface area contributed by atoms with Crippen molar-refractivity contribution in [2.45, 2.75) is 20.3 Å².